The van der Waals surface area contributed by atoms with E-state index >= 15 is 0 Å². The second-order valence-corrected chi connectivity index (χ2v) is 14.4. The molecule has 0 aliphatic rings. The summed E-state index contributed by atoms with van der Waals surface area (Å²) in [6, 6.07) is 0. The highest BCUT2D eigenvalue weighted by Crippen LogP contribution is 2.14. The lowest BCUT2D eigenvalue weighted by molar-refractivity contribution is -0.161. The number of carbonyl (C=O) groups excluding carboxylic acids is 2. The van der Waals surface area contributed by atoms with Gasteiger partial charge in [-0.3, -0.25) is 9.59 Å². The summed E-state index contributed by atoms with van der Waals surface area (Å²) in [7, 11) is 0. The van der Waals surface area contributed by atoms with Gasteiger partial charge in [-0.15, -0.1) is 0 Å². The lowest BCUT2D eigenvalue weighted by atomic mass is 10.0. The minimum atomic E-state index is -0.795. The number of hydrogen-bond donors (Lipinski definition) is 1. The fourth-order valence-electron chi connectivity index (χ4n) is 5.95. The van der Waals surface area contributed by atoms with Gasteiger partial charge in [-0.05, 0) is 77.0 Å². The van der Waals surface area contributed by atoms with Gasteiger partial charge in [-0.1, -0.05) is 177 Å². The number of rotatable bonds is 39. The Balaban J connectivity index is 3.61. The molecule has 5 heteroatoms. The van der Waals surface area contributed by atoms with Crippen molar-refractivity contribution in [2.24, 2.45) is 0 Å². The van der Waals surface area contributed by atoms with Gasteiger partial charge < -0.3 is 14.6 Å². The minimum absolute atomic E-state index is 0.0955. The zero-order valence-electron chi connectivity index (χ0n) is 34.1. The van der Waals surface area contributed by atoms with E-state index in [0.29, 0.717) is 19.3 Å². The summed E-state index contributed by atoms with van der Waals surface area (Å²) in [6.45, 7) is 4.06. The average Bonchev–Trinajstić information content (AvgIpc) is 3.15. The summed E-state index contributed by atoms with van der Waals surface area (Å²) in [6.07, 6.45) is 55.8. The van der Waals surface area contributed by atoms with Gasteiger partial charge in [-0.25, -0.2) is 0 Å². The van der Waals surface area contributed by atoms with Crippen molar-refractivity contribution in [3.8, 4) is 0 Å². The molecule has 5 nitrogen and oxygen atoms in total. The zero-order chi connectivity index (χ0) is 37.8. The Kier molecular flexibility index (Phi) is 41.0. The summed E-state index contributed by atoms with van der Waals surface area (Å²) in [5.74, 6) is -0.656. The largest absolute Gasteiger partial charge is 0.462 e. The van der Waals surface area contributed by atoms with Crippen LogP contribution in [0.5, 0.6) is 0 Å². The van der Waals surface area contributed by atoms with Crippen LogP contribution in [-0.4, -0.2) is 36.4 Å². The molecule has 300 valence electrons. The lowest BCUT2D eigenvalue weighted by Crippen LogP contribution is -2.28. The van der Waals surface area contributed by atoms with Gasteiger partial charge in [-0.2, -0.15) is 0 Å². The Morgan fingerprint density at radius 1 is 0.442 bits per heavy atom. The maximum atomic E-state index is 12.2. The molecule has 0 saturated carbocycles. The number of aliphatic hydroxyl groups excluding tert-OH is 1. The molecule has 0 fully saturated rings. The molecular weight excluding hydrogens is 645 g/mol. The fraction of sp³-hybridized carbons (Fsp3) is 0.745. The van der Waals surface area contributed by atoms with Crippen molar-refractivity contribution in [1.29, 1.82) is 0 Å². The van der Waals surface area contributed by atoms with Gasteiger partial charge in [0, 0.05) is 12.8 Å². The van der Waals surface area contributed by atoms with Crippen LogP contribution < -0.4 is 0 Å². The number of allylic oxidation sites excluding steroid dienone is 10. The molecule has 0 aromatic rings. The Morgan fingerprint density at radius 3 is 1.27 bits per heavy atom. The third kappa shape index (κ3) is 40.4. The van der Waals surface area contributed by atoms with E-state index in [1.54, 1.807) is 0 Å². The Morgan fingerprint density at radius 2 is 0.788 bits per heavy atom. The van der Waals surface area contributed by atoms with Crippen LogP contribution in [0.1, 0.15) is 206 Å². The lowest BCUT2D eigenvalue weighted by Gasteiger charge is -2.15. The van der Waals surface area contributed by atoms with Gasteiger partial charge in [0.1, 0.15) is 6.61 Å². The summed E-state index contributed by atoms with van der Waals surface area (Å²) < 4.78 is 10.6. The molecule has 0 radical (unpaired) electrons. The maximum Gasteiger partial charge on any atom is 0.306 e. The van der Waals surface area contributed by atoms with Crippen LogP contribution in [0.3, 0.4) is 0 Å². The van der Waals surface area contributed by atoms with Crippen LogP contribution in [0.4, 0.5) is 0 Å². The second kappa shape index (κ2) is 43.0. The van der Waals surface area contributed by atoms with Crippen molar-refractivity contribution < 1.29 is 24.2 Å². The first-order valence-electron chi connectivity index (χ1n) is 21.8. The standard InChI is InChI=1S/C47H82O5/c1-3-5-7-9-11-13-15-17-19-21-22-23-24-26-28-30-32-34-36-38-40-42-47(50)52-45(43-48)44-51-46(49)41-39-37-35-33-31-29-27-25-20-18-16-14-12-10-8-6-4-2/h12,14,17-20,27,29,33,35,45,48H,3-11,13,15-16,21-26,28,30-32,34,36-44H2,1-2H3/b14-12+,19-17+,20-18+,29-27+,35-33+/t45-/m0/s1. The molecule has 0 aromatic heterocycles. The van der Waals surface area contributed by atoms with Gasteiger partial charge >= 0.3 is 11.9 Å². The Labute approximate surface area is 321 Å². The number of carbonyl (C=O) groups is 2. The first kappa shape index (κ1) is 49.6. The van der Waals surface area contributed by atoms with Gasteiger partial charge in [0.25, 0.3) is 0 Å². The maximum absolute atomic E-state index is 12.2. The molecule has 0 aliphatic heterocycles. The van der Waals surface area contributed by atoms with Crippen molar-refractivity contribution in [2.75, 3.05) is 13.2 Å². The van der Waals surface area contributed by atoms with E-state index in [1.807, 2.05) is 0 Å². The average molecular weight is 727 g/mol. The molecule has 0 bridgehead atoms. The van der Waals surface area contributed by atoms with Crippen molar-refractivity contribution in [2.45, 2.75) is 213 Å². The third-order valence-corrected chi connectivity index (χ3v) is 9.28. The highest BCUT2D eigenvalue weighted by molar-refractivity contribution is 5.70. The first-order chi connectivity index (χ1) is 25.6. The fourth-order valence-corrected chi connectivity index (χ4v) is 5.95. The number of ether oxygens (including phenoxy) is 2. The highest BCUT2D eigenvalue weighted by Gasteiger charge is 2.16. The molecule has 0 heterocycles. The molecular formula is C47H82O5. The van der Waals surface area contributed by atoms with Crippen LogP contribution in [-0.2, 0) is 19.1 Å². The van der Waals surface area contributed by atoms with E-state index in [0.717, 1.165) is 44.9 Å². The van der Waals surface area contributed by atoms with Crippen molar-refractivity contribution in [3.05, 3.63) is 60.8 Å². The van der Waals surface area contributed by atoms with E-state index < -0.39 is 6.10 Å². The molecule has 0 aromatic carbocycles. The van der Waals surface area contributed by atoms with Gasteiger partial charge in [0.15, 0.2) is 6.10 Å². The SMILES string of the molecule is CCCCC/C=C/C/C=C/C/C=C/C/C=C/CCCC(=O)OC[C@H](CO)OC(=O)CCCCCCCCCCCCC/C=C/CCCCCCCC. The molecule has 52 heavy (non-hydrogen) atoms. The summed E-state index contributed by atoms with van der Waals surface area (Å²) in [4.78, 5) is 24.3. The molecule has 0 saturated heterocycles. The molecule has 0 aliphatic carbocycles. The Bertz CT molecular complexity index is 915. The van der Waals surface area contributed by atoms with Crippen LogP contribution in [0.15, 0.2) is 60.8 Å². The van der Waals surface area contributed by atoms with E-state index in [4.69, 9.17) is 9.47 Å². The predicted octanol–water partition coefficient (Wildman–Crippen LogP) is 14.0. The normalized spacial score (nSPS) is 12.8. The number of unbranched alkanes of at least 4 members (excludes halogenated alkanes) is 21. The molecule has 1 N–H and O–H groups in total. The summed E-state index contributed by atoms with van der Waals surface area (Å²) >= 11 is 0. The van der Waals surface area contributed by atoms with Crippen LogP contribution in [0, 0.1) is 0 Å². The van der Waals surface area contributed by atoms with Crippen LogP contribution >= 0.6 is 0 Å². The molecule has 0 spiro atoms. The van der Waals surface area contributed by atoms with Crippen molar-refractivity contribution >= 4 is 11.9 Å². The van der Waals surface area contributed by atoms with Crippen molar-refractivity contribution in [3.63, 3.8) is 0 Å². The topological polar surface area (TPSA) is 72.8 Å². The quantitative estimate of drug-likeness (QED) is 0.0388. The van der Waals surface area contributed by atoms with Gasteiger partial charge in [0.05, 0.1) is 6.61 Å². The Hall–Kier alpha value is -2.40. The smallest absolute Gasteiger partial charge is 0.306 e. The summed E-state index contributed by atoms with van der Waals surface area (Å²) in [5, 5.41) is 9.57. The van der Waals surface area contributed by atoms with E-state index in [2.05, 4.69) is 74.6 Å². The number of aliphatic hydroxyl groups is 1. The molecule has 0 amide bonds. The molecule has 0 unspecified atom stereocenters. The number of esters is 2. The van der Waals surface area contributed by atoms with Crippen LogP contribution in [0.2, 0.25) is 0 Å². The van der Waals surface area contributed by atoms with Gasteiger partial charge in [0.2, 0.25) is 0 Å². The minimum Gasteiger partial charge on any atom is -0.462 e. The third-order valence-electron chi connectivity index (χ3n) is 9.28. The van der Waals surface area contributed by atoms with E-state index in [9.17, 15) is 14.7 Å². The molecule has 0 rings (SSSR count). The monoisotopic (exact) mass is 727 g/mol. The predicted molar refractivity (Wildman–Crippen MR) is 223 cm³/mol. The number of hydrogen-bond acceptors (Lipinski definition) is 5. The van der Waals surface area contributed by atoms with E-state index in [1.165, 1.54) is 128 Å². The zero-order valence-corrected chi connectivity index (χ0v) is 34.1. The summed E-state index contributed by atoms with van der Waals surface area (Å²) in [5.41, 5.74) is 0. The van der Waals surface area contributed by atoms with E-state index in [-0.39, 0.29) is 25.2 Å². The first-order valence-corrected chi connectivity index (χ1v) is 21.8. The van der Waals surface area contributed by atoms with Crippen LogP contribution in [0.25, 0.3) is 0 Å². The second-order valence-electron chi connectivity index (χ2n) is 14.4. The molecule has 1 atom stereocenters. The van der Waals surface area contributed by atoms with Crippen molar-refractivity contribution in [1.82, 2.24) is 0 Å². The highest BCUT2D eigenvalue weighted by atomic mass is 16.6.